The van der Waals surface area contributed by atoms with Crippen LogP contribution in [0.5, 0.6) is 0 Å². The normalized spacial score (nSPS) is 21.4. The summed E-state index contributed by atoms with van der Waals surface area (Å²) in [7, 11) is 0. The number of carbonyl (C=O) groups is 1. The van der Waals surface area contributed by atoms with E-state index >= 15 is 0 Å². The SMILES string of the molecule is CCNC(=O)N1CCc2cc(C)cc([C@@H]3COCCN3)c2C1. The summed E-state index contributed by atoms with van der Waals surface area (Å²) < 4.78 is 5.62. The van der Waals surface area contributed by atoms with E-state index in [1.54, 1.807) is 0 Å². The maximum atomic E-state index is 12.1. The maximum Gasteiger partial charge on any atom is 0.317 e. The molecule has 1 saturated heterocycles. The van der Waals surface area contributed by atoms with Gasteiger partial charge in [-0.2, -0.15) is 0 Å². The molecule has 2 aliphatic heterocycles. The smallest absolute Gasteiger partial charge is 0.317 e. The summed E-state index contributed by atoms with van der Waals surface area (Å²) in [5.41, 5.74) is 5.25. The molecule has 0 unspecified atom stereocenters. The fourth-order valence-electron chi connectivity index (χ4n) is 3.38. The molecule has 0 saturated carbocycles. The molecule has 1 aromatic carbocycles. The van der Waals surface area contributed by atoms with Gasteiger partial charge in [-0.05, 0) is 37.0 Å². The molecule has 0 radical (unpaired) electrons. The minimum Gasteiger partial charge on any atom is -0.378 e. The van der Waals surface area contributed by atoms with Crippen LogP contribution >= 0.6 is 0 Å². The topological polar surface area (TPSA) is 53.6 Å². The van der Waals surface area contributed by atoms with Gasteiger partial charge in [0.25, 0.3) is 0 Å². The number of amides is 2. The molecule has 0 spiro atoms. The van der Waals surface area contributed by atoms with Gasteiger partial charge in [0.15, 0.2) is 0 Å². The monoisotopic (exact) mass is 303 g/mol. The van der Waals surface area contributed by atoms with Crippen LogP contribution in [0.15, 0.2) is 12.1 Å². The van der Waals surface area contributed by atoms with Gasteiger partial charge in [-0.25, -0.2) is 4.79 Å². The molecule has 2 heterocycles. The van der Waals surface area contributed by atoms with E-state index in [1.807, 2.05) is 11.8 Å². The van der Waals surface area contributed by atoms with E-state index in [9.17, 15) is 4.79 Å². The van der Waals surface area contributed by atoms with Gasteiger partial charge in [-0.3, -0.25) is 0 Å². The Morgan fingerprint density at radius 3 is 3.09 bits per heavy atom. The zero-order valence-corrected chi connectivity index (χ0v) is 13.4. The standard InChI is InChI=1S/C17H25N3O2/c1-3-18-17(21)20-6-4-13-8-12(2)9-14(15(13)10-20)16-11-22-7-5-19-16/h8-9,16,19H,3-7,10-11H2,1-2H3,(H,18,21)/t16-/m0/s1. The Hall–Kier alpha value is -1.59. The highest BCUT2D eigenvalue weighted by molar-refractivity contribution is 5.74. The Balaban J connectivity index is 1.88. The van der Waals surface area contributed by atoms with Crippen LogP contribution in [-0.2, 0) is 17.7 Å². The van der Waals surface area contributed by atoms with Gasteiger partial charge in [-0.15, -0.1) is 0 Å². The number of nitrogens with zero attached hydrogens (tertiary/aromatic N) is 1. The lowest BCUT2D eigenvalue weighted by Crippen LogP contribution is -2.43. The van der Waals surface area contributed by atoms with E-state index in [0.29, 0.717) is 19.7 Å². The molecular formula is C17H25N3O2. The second-order valence-corrected chi connectivity index (χ2v) is 6.08. The van der Waals surface area contributed by atoms with Crippen molar-refractivity contribution >= 4 is 6.03 Å². The van der Waals surface area contributed by atoms with Crippen molar-refractivity contribution < 1.29 is 9.53 Å². The number of nitrogens with one attached hydrogen (secondary N) is 2. The summed E-state index contributed by atoms with van der Waals surface area (Å²) >= 11 is 0. The van der Waals surface area contributed by atoms with Crippen LogP contribution in [0.1, 0.15) is 35.2 Å². The first-order chi connectivity index (χ1) is 10.7. The Morgan fingerprint density at radius 1 is 1.50 bits per heavy atom. The van der Waals surface area contributed by atoms with Crippen LogP contribution in [0.4, 0.5) is 4.79 Å². The molecular weight excluding hydrogens is 278 g/mol. The van der Waals surface area contributed by atoms with Crippen LogP contribution < -0.4 is 10.6 Å². The molecule has 5 heteroatoms. The summed E-state index contributed by atoms with van der Waals surface area (Å²) in [6.07, 6.45) is 0.925. The average Bonchev–Trinajstić information content (AvgIpc) is 2.54. The number of morpholine rings is 1. The van der Waals surface area contributed by atoms with Crippen LogP contribution in [0.2, 0.25) is 0 Å². The molecule has 1 aromatic rings. The van der Waals surface area contributed by atoms with Crippen molar-refractivity contribution in [2.24, 2.45) is 0 Å². The zero-order valence-electron chi connectivity index (χ0n) is 13.4. The zero-order chi connectivity index (χ0) is 15.5. The number of benzene rings is 1. The lowest BCUT2D eigenvalue weighted by Gasteiger charge is -2.34. The predicted molar refractivity (Wildman–Crippen MR) is 85.9 cm³/mol. The summed E-state index contributed by atoms with van der Waals surface area (Å²) in [5.74, 6) is 0. The van der Waals surface area contributed by atoms with Crippen molar-refractivity contribution in [3.63, 3.8) is 0 Å². The summed E-state index contributed by atoms with van der Waals surface area (Å²) in [6.45, 7) is 8.60. The third-order valence-corrected chi connectivity index (χ3v) is 4.43. The van der Waals surface area contributed by atoms with Gasteiger partial charge < -0.3 is 20.3 Å². The largest absolute Gasteiger partial charge is 0.378 e. The van der Waals surface area contributed by atoms with Crippen molar-refractivity contribution in [3.8, 4) is 0 Å². The molecule has 5 nitrogen and oxygen atoms in total. The minimum absolute atomic E-state index is 0.0347. The van der Waals surface area contributed by atoms with Gasteiger partial charge >= 0.3 is 6.03 Å². The second kappa shape index (κ2) is 6.67. The minimum atomic E-state index is 0.0347. The lowest BCUT2D eigenvalue weighted by atomic mass is 9.89. The van der Waals surface area contributed by atoms with E-state index in [1.165, 1.54) is 22.3 Å². The number of aryl methyl sites for hydroxylation is 1. The molecule has 2 aliphatic rings. The van der Waals surface area contributed by atoms with Gasteiger partial charge in [0.2, 0.25) is 0 Å². The number of hydrogen-bond acceptors (Lipinski definition) is 3. The van der Waals surface area contributed by atoms with Crippen LogP contribution in [0.25, 0.3) is 0 Å². The highest BCUT2D eigenvalue weighted by Gasteiger charge is 2.26. The average molecular weight is 303 g/mol. The molecule has 2 amide bonds. The van der Waals surface area contributed by atoms with Crippen molar-refractivity contribution in [2.75, 3.05) is 32.8 Å². The van der Waals surface area contributed by atoms with E-state index in [0.717, 1.165) is 26.1 Å². The Labute approximate surface area is 132 Å². The quantitative estimate of drug-likeness (QED) is 0.875. The second-order valence-electron chi connectivity index (χ2n) is 6.08. The van der Waals surface area contributed by atoms with Gasteiger partial charge in [0.1, 0.15) is 0 Å². The number of carbonyl (C=O) groups excluding carboxylic acids is 1. The first kappa shape index (κ1) is 15.3. The number of urea groups is 1. The van der Waals surface area contributed by atoms with Crippen LogP contribution in [0, 0.1) is 6.92 Å². The molecule has 22 heavy (non-hydrogen) atoms. The molecule has 1 fully saturated rings. The first-order valence-corrected chi connectivity index (χ1v) is 8.15. The molecule has 0 bridgehead atoms. The van der Waals surface area contributed by atoms with Crippen molar-refractivity contribution in [1.29, 1.82) is 0 Å². The third-order valence-electron chi connectivity index (χ3n) is 4.43. The van der Waals surface area contributed by atoms with Crippen LogP contribution in [0.3, 0.4) is 0 Å². The maximum absolute atomic E-state index is 12.1. The van der Waals surface area contributed by atoms with Gasteiger partial charge in [-0.1, -0.05) is 17.7 Å². The molecule has 2 N–H and O–H groups in total. The number of ether oxygens (including phenoxy) is 1. The first-order valence-electron chi connectivity index (χ1n) is 8.15. The highest BCUT2D eigenvalue weighted by Crippen LogP contribution is 2.29. The Kier molecular flexibility index (Phi) is 4.64. The lowest BCUT2D eigenvalue weighted by molar-refractivity contribution is 0.0762. The summed E-state index contributed by atoms with van der Waals surface area (Å²) in [5, 5.41) is 6.44. The molecule has 0 aliphatic carbocycles. The summed E-state index contributed by atoms with van der Waals surface area (Å²) in [4.78, 5) is 14.0. The van der Waals surface area contributed by atoms with Gasteiger partial charge in [0, 0.05) is 26.2 Å². The van der Waals surface area contributed by atoms with E-state index < -0.39 is 0 Å². The fraction of sp³-hybridized carbons (Fsp3) is 0.588. The molecule has 120 valence electrons. The Bertz CT molecular complexity index is 553. The molecule has 0 aromatic heterocycles. The summed E-state index contributed by atoms with van der Waals surface area (Å²) in [6, 6.07) is 4.77. The molecule has 1 atom stereocenters. The van der Waals surface area contributed by atoms with E-state index in [2.05, 4.69) is 29.7 Å². The van der Waals surface area contributed by atoms with E-state index in [-0.39, 0.29) is 12.1 Å². The van der Waals surface area contributed by atoms with Crippen molar-refractivity contribution in [3.05, 3.63) is 34.4 Å². The molecule has 3 rings (SSSR count). The third kappa shape index (κ3) is 3.10. The highest BCUT2D eigenvalue weighted by atomic mass is 16.5. The van der Waals surface area contributed by atoms with Gasteiger partial charge in [0.05, 0.1) is 19.3 Å². The number of hydrogen-bond donors (Lipinski definition) is 2. The van der Waals surface area contributed by atoms with Crippen molar-refractivity contribution in [2.45, 2.75) is 32.9 Å². The van der Waals surface area contributed by atoms with Crippen LogP contribution in [-0.4, -0.2) is 43.8 Å². The predicted octanol–water partition coefficient (Wildman–Crippen LogP) is 1.74. The van der Waals surface area contributed by atoms with Crippen molar-refractivity contribution in [1.82, 2.24) is 15.5 Å². The number of fused-ring (bicyclic) bond motifs is 1. The fourth-order valence-corrected chi connectivity index (χ4v) is 3.38. The number of rotatable bonds is 2. The van der Waals surface area contributed by atoms with E-state index in [4.69, 9.17) is 4.74 Å². The Morgan fingerprint density at radius 2 is 2.36 bits per heavy atom.